The van der Waals surface area contributed by atoms with Crippen molar-refractivity contribution >= 4 is 5.78 Å². The van der Waals surface area contributed by atoms with Crippen molar-refractivity contribution in [2.75, 3.05) is 13.7 Å². The predicted octanol–water partition coefficient (Wildman–Crippen LogP) is 0.242. The van der Waals surface area contributed by atoms with Crippen LogP contribution in [0, 0.1) is 0 Å². The van der Waals surface area contributed by atoms with E-state index in [1.807, 2.05) is 20.2 Å². The molecule has 0 saturated carbocycles. The fourth-order valence-corrected chi connectivity index (χ4v) is 1.29. The molecule has 0 atom stereocenters. The summed E-state index contributed by atoms with van der Waals surface area (Å²) in [4.78, 5) is 8.27. The number of nitrogens with zero attached hydrogens (tertiary/aromatic N) is 4. The van der Waals surface area contributed by atoms with Gasteiger partial charge in [-0.25, -0.2) is 9.50 Å². The van der Waals surface area contributed by atoms with E-state index in [1.165, 1.54) is 0 Å². The molecule has 0 radical (unpaired) electrons. The first kappa shape index (κ1) is 9.85. The van der Waals surface area contributed by atoms with Gasteiger partial charge < -0.3 is 10.1 Å². The number of nitrogens with one attached hydrogen (secondary N) is 1. The Kier molecular flexibility index (Phi) is 2.77. The van der Waals surface area contributed by atoms with Crippen LogP contribution in [0.4, 0.5) is 0 Å². The molecular weight excluding hydrogens is 194 g/mol. The molecule has 0 amide bonds. The lowest BCUT2D eigenvalue weighted by Crippen LogP contribution is -2.06. The van der Waals surface area contributed by atoms with Gasteiger partial charge in [0.2, 0.25) is 0 Å². The van der Waals surface area contributed by atoms with E-state index in [1.54, 1.807) is 10.7 Å². The third-order valence-corrected chi connectivity index (χ3v) is 1.88. The molecule has 2 aromatic heterocycles. The smallest absolute Gasteiger partial charge is 0.337 e. The Morgan fingerprint density at radius 3 is 3.13 bits per heavy atom. The summed E-state index contributed by atoms with van der Waals surface area (Å²) in [5, 5.41) is 7.19. The molecule has 0 aliphatic carbocycles. The van der Waals surface area contributed by atoms with Gasteiger partial charge in [0.05, 0.1) is 6.61 Å². The Balaban J connectivity index is 2.34. The number of rotatable bonds is 4. The van der Waals surface area contributed by atoms with E-state index >= 15 is 0 Å². The molecule has 6 nitrogen and oxygen atoms in total. The van der Waals surface area contributed by atoms with Crippen molar-refractivity contribution < 1.29 is 4.74 Å². The highest BCUT2D eigenvalue weighted by Crippen LogP contribution is 2.06. The van der Waals surface area contributed by atoms with Crippen molar-refractivity contribution in [1.82, 2.24) is 24.9 Å². The summed E-state index contributed by atoms with van der Waals surface area (Å²) in [5.41, 5.74) is 1.05. The molecule has 0 spiro atoms. The van der Waals surface area contributed by atoms with E-state index in [0.29, 0.717) is 18.4 Å². The van der Waals surface area contributed by atoms with Gasteiger partial charge in [-0.3, -0.25) is 0 Å². The van der Waals surface area contributed by atoms with E-state index in [9.17, 15) is 0 Å². The Morgan fingerprint density at radius 2 is 2.40 bits per heavy atom. The fraction of sp³-hybridized carbons (Fsp3) is 0.444. The molecule has 80 valence electrons. The highest BCUT2D eigenvalue weighted by Gasteiger charge is 2.05. The lowest BCUT2D eigenvalue weighted by atomic mass is 10.3. The summed E-state index contributed by atoms with van der Waals surface area (Å²) < 4.78 is 6.81. The van der Waals surface area contributed by atoms with Crippen molar-refractivity contribution in [3.63, 3.8) is 0 Å². The van der Waals surface area contributed by atoms with E-state index < -0.39 is 0 Å². The van der Waals surface area contributed by atoms with Gasteiger partial charge in [-0.05, 0) is 14.0 Å². The second-order valence-corrected chi connectivity index (χ2v) is 3.06. The molecular formula is C9H13N5O. The lowest BCUT2D eigenvalue weighted by molar-refractivity contribution is 0.313. The maximum Gasteiger partial charge on any atom is 0.337 e. The highest BCUT2D eigenvalue weighted by atomic mass is 16.5. The number of hydrogen-bond acceptors (Lipinski definition) is 5. The summed E-state index contributed by atoms with van der Waals surface area (Å²) in [6.45, 7) is 3.21. The normalized spacial score (nSPS) is 10.8. The van der Waals surface area contributed by atoms with Gasteiger partial charge in [-0.2, -0.15) is 4.98 Å². The zero-order valence-electron chi connectivity index (χ0n) is 8.77. The minimum Gasteiger partial charge on any atom is -0.463 e. The van der Waals surface area contributed by atoms with Crippen LogP contribution in [-0.4, -0.2) is 33.2 Å². The molecule has 0 saturated heterocycles. The molecule has 2 rings (SSSR count). The van der Waals surface area contributed by atoms with Gasteiger partial charge in [0.15, 0.2) is 0 Å². The van der Waals surface area contributed by atoms with Gasteiger partial charge in [-0.15, -0.1) is 5.10 Å². The molecule has 0 aromatic carbocycles. The van der Waals surface area contributed by atoms with Gasteiger partial charge in [0, 0.05) is 24.5 Å². The fourth-order valence-electron chi connectivity index (χ4n) is 1.29. The molecule has 2 heterocycles. The van der Waals surface area contributed by atoms with Crippen molar-refractivity contribution in [2.45, 2.75) is 13.5 Å². The number of hydrogen-bond donors (Lipinski definition) is 1. The summed E-state index contributed by atoms with van der Waals surface area (Å²) in [6, 6.07) is 0.367. The van der Waals surface area contributed by atoms with E-state index in [-0.39, 0.29) is 0 Å². The van der Waals surface area contributed by atoms with Crippen molar-refractivity contribution in [3.8, 4) is 6.01 Å². The molecule has 2 aromatic rings. The number of aromatic nitrogens is 4. The monoisotopic (exact) mass is 207 g/mol. The first-order valence-corrected chi connectivity index (χ1v) is 4.82. The molecule has 1 N–H and O–H groups in total. The first-order chi connectivity index (χ1) is 7.33. The maximum atomic E-state index is 5.19. The third-order valence-electron chi connectivity index (χ3n) is 1.88. The Labute approximate surface area is 87.3 Å². The predicted molar refractivity (Wildman–Crippen MR) is 54.7 cm³/mol. The SMILES string of the molecule is CCOc1nc2ncc(CNC)cn2n1. The summed E-state index contributed by atoms with van der Waals surface area (Å²) in [5.74, 6) is 0.554. The second kappa shape index (κ2) is 4.22. The third kappa shape index (κ3) is 2.04. The minimum absolute atomic E-state index is 0.367. The van der Waals surface area contributed by atoms with Crippen molar-refractivity contribution in [3.05, 3.63) is 18.0 Å². The van der Waals surface area contributed by atoms with Crippen LogP contribution in [0.3, 0.4) is 0 Å². The standard InChI is InChI=1S/C9H13N5O/c1-3-15-9-12-8-11-5-7(4-10-2)6-14(8)13-9/h5-6,10H,3-4H2,1-2H3. The topological polar surface area (TPSA) is 64.3 Å². The first-order valence-electron chi connectivity index (χ1n) is 4.82. The average molecular weight is 207 g/mol. The Bertz CT molecular complexity index is 449. The summed E-state index contributed by atoms with van der Waals surface area (Å²) in [6.07, 6.45) is 3.66. The van der Waals surface area contributed by atoms with Crippen LogP contribution in [0.2, 0.25) is 0 Å². The second-order valence-electron chi connectivity index (χ2n) is 3.06. The van der Waals surface area contributed by atoms with Gasteiger partial charge in [0.1, 0.15) is 0 Å². The zero-order chi connectivity index (χ0) is 10.7. The van der Waals surface area contributed by atoms with Crippen LogP contribution in [0.5, 0.6) is 6.01 Å². The van der Waals surface area contributed by atoms with Crippen molar-refractivity contribution in [2.24, 2.45) is 0 Å². The average Bonchev–Trinajstić information content (AvgIpc) is 2.60. The van der Waals surface area contributed by atoms with Crippen LogP contribution in [0.1, 0.15) is 12.5 Å². The number of fused-ring (bicyclic) bond motifs is 1. The molecule has 0 aliphatic rings. The van der Waals surface area contributed by atoms with E-state index in [2.05, 4.69) is 20.4 Å². The molecule has 0 bridgehead atoms. The van der Waals surface area contributed by atoms with E-state index in [0.717, 1.165) is 12.1 Å². The largest absolute Gasteiger partial charge is 0.463 e. The van der Waals surface area contributed by atoms with Gasteiger partial charge in [0.25, 0.3) is 5.78 Å². The summed E-state index contributed by atoms with van der Waals surface area (Å²) in [7, 11) is 1.89. The van der Waals surface area contributed by atoms with Gasteiger partial charge >= 0.3 is 6.01 Å². The van der Waals surface area contributed by atoms with Crippen molar-refractivity contribution in [1.29, 1.82) is 0 Å². The maximum absolute atomic E-state index is 5.19. The van der Waals surface area contributed by atoms with E-state index in [4.69, 9.17) is 4.74 Å². The highest BCUT2D eigenvalue weighted by molar-refractivity contribution is 5.29. The molecule has 15 heavy (non-hydrogen) atoms. The Hall–Kier alpha value is -1.69. The zero-order valence-corrected chi connectivity index (χ0v) is 8.77. The Morgan fingerprint density at radius 1 is 1.53 bits per heavy atom. The molecule has 0 aliphatic heterocycles. The quantitative estimate of drug-likeness (QED) is 0.778. The summed E-state index contributed by atoms with van der Waals surface area (Å²) >= 11 is 0. The van der Waals surface area contributed by atoms with Crippen LogP contribution in [0.15, 0.2) is 12.4 Å². The van der Waals surface area contributed by atoms with Crippen LogP contribution in [0.25, 0.3) is 5.78 Å². The van der Waals surface area contributed by atoms with Crippen LogP contribution >= 0.6 is 0 Å². The van der Waals surface area contributed by atoms with Crippen LogP contribution < -0.4 is 10.1 Å². The molecule has 0 fully saturated rings. The van der Waals surface area contributed by atoms with Gasteiger partial charge in [-0.1, -0.05) is 0 Å². The molecule has 6 heteroatoms. The lowest BCUT2D eigenvalue weighted by Gasteiger charge is -1.97. The molecule has 0 unspecified atom stereocenters. The van der Waals surface area contributed by atoms with Crippen LogP contribution in [-0.2, 0) is 6.54 Å². The number of ether oxygens (including phenoxy) is 1. The minimum atomic E-state index is 0.367.